The van der Waals surface area contributed by atoms with Gasteiger partial charge in [-0.1, -0.05) is 40.9 Å². The molecule has 0 radical (unpaired) electrons. The number of aromatic hydroxyl groups is 1. The summed E-state index contributed by atoms with van der Waals surface area (Å²) in [6.45, 7) is 0. The van der Waals surface area contributed by atoms with Crippen LogP contribution < -0.4 is 0 Å². The number of pyridine rings is 1. The van der Waals surface area contributed by atoms with E-state index in [4.69, 9.17) is 34.8 Å². The van der Waals surface area contributed by atoms with E-state index < -0.39 is 15.6 Å². The molecule has 0 amide bonds. The van der Waals surface area contributed by atoms with E-state index in [2.05, 4.69) is 4.98 Å². The summed E-state index contributed by atoms with van der Waals surface area (Å²) in [6.07, 6.45) is 1.28. The van der Waals surface area contributed by atoms with E-state index in [0.29, 0.717) is 10.6 Å². The van der Waals surface area contributed by atoms with Crippen molar-refractivity contribution in [2.45, 2.75) is 11.5 Å². The average Bonchev–Trinajstić information content (AvgIpc) is 2.36. The van der Waals surface area contributed by atoms with Crippen molar-refractivity contribution >= 4 is 44.6 Å². The quantitative estimate of drug-likeness (QED) is 0.892. The van der Waals surface area contributed by atoms with Crippen LogP contribution in [-0.2, 0) is 21.3 Å². The maximum atomic E-state index is 12.2. The normalized spacial score (nSPS) is 11.6. The molecule has 1 aromatic carbocycles. The fourth-order valence-electron chi connectivity index (χ4n) is 1.70. The van der Waals surface area contributed by atoms with Gasteiger partial charge in [-0.15, -0.1) is 0 Å². The van der Waals surface area contributed by atoms with Crippen molar-refractivity contribution in [3.63, 3.8) is 0 Å². The number of nitrogens with zero attached hydrogens (tertiary/aromatic N) is 1. The largest absolute Gasteiger partial charge is 0.506 e. The summed E-state index contributed by atoms with van der Waals surface area (Å²) in [5.41, 5.74) is 0.485. The molecule has 1 heterocycles. The predicted octanol–water partition coefficient (Wildman–Crippen LogP) is 3.86. The van der Waals surface area contributed by atoms with Crippen LogP contribution in [0, 0.1) is 0 Å². The molecule has 0 fully saturated rings. The summed E-state index contributed by atoms with van der Waals surface area (Å²) in [5, 5.41) is 10.6. The molecule has 21 heavy (non-hydrogen) atoms. The van der Waals surface area contributed by atoms with Gasteiger partial charge in [0.1, 0.15) is 5.75 Å². The summed E-state index contributed by atoms with van der Waals surface area (Å²) in [4.78, 5) is 3.83. The van der Waals surface area contributed by atoms with E-state index in [1.54, 1.807) is 12.1 Å². The molecular formula is C13H10Cl3NO3S. The van der Waals surface area contributed by atoms with E-state index in [1.165, 1.54) is 18.3 Å². The van der Waals surface area contributed by atoms with Crippen molar-refractivity contribution in [2.75, 3.05) is 0 Å². The molecule has 0 spiro atoms. The van der Waals surface area contributed by atoms with E-state index in [9.17, 15) is 13.5 Å². The van der Waals surface area contributed by atoms with Gasteiger partial charge in [0.25, 0.3) is 0 Å². The van der Waals surface area contributed by atoms with Gasteiger partial charge in [-0.2, -0.15) is 0 Å². The molecule has 0 aliphatic carbocycles. The van der Waals surface area contributed by atoms with Crippen LogP contribution in [0.1, 0.15) is 11.3 Å². The zero-order valence-corrected chi connectivity index (χ0v) is 13.6. The van der Waals surface area contributed by atoms with Gasteiger partial charge in [0.2, 0.25) is 0 Å². The lowest BCUT2D eigenvalue weighted by molar-refractivity contribution is 0.466. The molecule has 0 unspecified atom stereocenters. The SMILES string of the molecule is O=S(=O)(Cc1ccc(Cl)cc1Cl)Cc1ncc(Cl)cc1O. The van der Waals surface area contributed by atoms with Crippen molar-refractivity contribution in [3.8, 4) is 5.75 Å². The number of halogens is 3. The third-order valence-electron chi connectivity index (χ3n) is 2.66. The zero-order chi connectivity index (χ0) is 15.6. The first-order chi connectivity index (χ1) is 9.77. The van der Waals surface area contributed by atoms with Crippen molar-refractivity contribution < 1.29 is 13.5 Å². The van der Waals surface area contributed by atoms with Crippen LogP contribution in [0.4, 0.5) is 0 Å². The van der Waals surface area contributed by atoms with Crippen LogP contribution in [0.3, 0.4) is 0 Å². The second kappa shape index (κ2) is 6.40. The monoisotopic (exact) mass is 365 g/mol. The van der Waals surface area contributed by atoms with E-state index in [0.717, 1.165) is 0 Å². The highest BCUT2D eigenvalue weighted by Crippen LogP contribution is 2.26. The van der Waals surface area contributed by atoms with Crippen molar-refractivity contribution in [1.82, 2.24) is 4.98 Å². The van der Waals surface area contributed by atoms with Gasteiger partial charge in [-0.3, -0.25) is 4.98 Å². The molecule has 2 aromatic rings. The Labute approximate surface area is 137 Å². The second-order valence-corrected chi connectivity index (χ2v) is 7.73. The van der Waals surface area contributed by atoms with Gasteiger partial charge < -0.3 is 5.11 Å². The number of sulfone groups is 1. The Morgan fingerprint density at radius 1 is 1.05 bits per heavy atom. The Balaban J connectivity index is 2.22. The highest BCUT2D eigenvalue weighted by Gasteiger charge is 2.18. The fraction of sp³-hybridized carbons (Fsp3) is 0.154. The molecule has 0 saturated carbocycles. The minimum absolute atomic E-state index is 0.0458. The third kappa shape index (κ3) is 4.48. The number of hydrogen-bond acceptors (Lipinski definition) is 4. The minimum Gasteiger partial charge on any atom is -0.506 e. The Bertz CT molecular complexity index is 719. The maximum Gasteiger partial charge on any atom is 0.160 e. The van der Waals surface area contributed by atoms with Crippen molar-refractivity contribution in [1.29, 1.82) is 0 Å². The van der Waals surface area contributed by atoms with Gasteiger partial charge in [-0.05, 0) is 17.7 Å². The van der Waals surface area contributed by atoms with E-state index >= 15 is 0 Å². The van der Waals surface area contributed by atoms with E-state index in [-0.39, 0.29) is 27.2 Å². The summed E-state index contributed by atoms with van der Waals surface area (Å²) < 4.78 is 24.3. The zero-order valence-electron chi connectivity index (χ0n) is 10.6. The third-order valence-corrected chi connectivity index (χ3v) is 4.92. The molecule has 0 atom stereocenters. The summed E-state index contributed by atoms with van der Waals surface area (Å²) in [7, 11) is -3.55. The standard InChI is InChI=1S/C13H10Cl3NO3S/c14-9-2-1-8(11(16)3-9)6-21(19,20)7-12-13(18)4-10(15)5-17-12/h1-5,18H,6-7H2. The number of rotatable bonds is 4. The Morgan fingerprint density at radius 3 is 2.38 bits per heavy atom. The predicted molar refractivity (Wildman–Crippen MR) is 83.7 cm³/mol. The first kappa shape index (κ1) is 16.4. The topological polar surface area (TPSA) is 67.3 Å². The minimum atomic E-state index is -3.55. The molecule has 4 nitrogen and oxygen atoms in total. The molecule has 1 aromatic heterocycles. The molecule has 0 aliphatic rings. The van der Waals surface area contributed by atoms with Gasteiger partial charge in [0.05, 0.1) is 22.2 Å². The lowest BCUT2D eigenvalue weighted by atomic mass is 10.2. The summed E-state index contributed by atoms with van der Waals surface area (Å²) in [6, 6.07) is 5.84. The summed E-state index contributed by atoms with van der Waals surface area (Å²) in [5.74, 6) is -0.935. The van der Waals surface area contributed by atoms with Crippen LogP contribution in [0.5, 0.6) is 5.75 Å². The number of hydrogen-bond donors (Lipinski definition) is 1. The summed E-state index contributed by atoms with van der Waals surface area (Å²) >= 11 is 17.4. The van der Waals surface area contributed by atoms with E-state index in [1.807, 2.05) is 0 Å². The van der Waals surface area contributed by atoms with Gasteiger partial charge in [0.15, 0.2) is 9.84 Å². The second-order valence-electron chi connectivity index (χ2n) is 4.39. The Morgan fingerprint density at radius 2 is 1.76 bits per heavy atom. The first-order valence-electron chi connectivity index (χ1n) is 5.74. The lowest BCUT2D eigenvalue weighted by Crippen LogP contribution is -2.09. The lowest BCUT2D eigenvalue weighted by Gasteiger charge is -2.08. The molecular weight excluding hydrogens is 357 g/mol. The molecule has 0 aliphatic heterocycles. The van der Waals surface area contributed by atoms with Crippen LogP contribution in [0.15, 0.2) is 30.5 Å². The maximum absolute atomic E-state index is 12.2. The van der Waals surface area contributed by atoms with Crippen LogP contribution in [0.2, 0.25) is 15.1 Å². The van der Waals surface area contributed by atoms with Gasteiger partial charge >= 0.3 is 0 Å². The average molecular weight is 367 g/mol. The number of benzene rings is 1. The smallest absolute Gasteiger partial charge is 0.160 e. The molecule has 0 bridgehead atoms. The van der Waals surface area contributed by atoms with Crippen LogP contribution in [-0.4, -0.2) is 18.5 Å². The van der Waals surface area contributed by atoms with Gasteiger partial charge in [0, 0.05) is 22.3 Å². The molecule has 0 saturated heterocycles. The molecule has 112 valence electrons. The van der Waals surface area contributed by atoms with Crippen molar-refractivity contribution in [3.05, 3.63) is 56.8 Å². The Hall–Kier alpha value is -1.01. The molecule has 1 N–H and O–H groups in total. The van der Waals surface area contributed by atoms with Crippen LogP contribution in [0.25, 0.3) is 0 Å². The molecule has 2 rings (SSSR count). The molecule has 8 heteroatoms. The highest BCUT2D eigenvalue weighted by atomic mass is 35.5. The fourth-order valence-corrected chi connectivity index (χ4v) is 3.88. The Kier molecular flexibility index (Phi) is 4.99. The van der Waals surface area contributed by atoms with Crippen molar-refractivity contribution in [2.24, 2.45) is 0 Å². The number of aromatic nitrogens is 1. The first-order valence-corrected chi connectivity index (χ1v) is 8.70. The van der Waals surface area contributed by atoms with Crippen LogP contribution >= 0.6 is 34.8 Å². The highest BCUT2D eigenvalue weighted by molar-refractivity contribution is 7.89. The van der Waals surface area contributed by atoms with Gasteiger partial charge in [-0.25, -0.2) is 8.42 Å².